The van der Waals surface area contributed by atoms with E-state index in [4.69, 9.17) is 31.5 Å². The highest BCUT2D eigenvalue weighted by Gasteiger charge is 2.47. The molecule has 5 aromatic rings. The zero-order chi connectivity index (χ0) is 58.4. The number of carbonyl (C=O) groups is 6. The van der Waals surface area contributed by atoms with Crippen molar-refractivity contribution in [3.63, 3.8) is 0 Å². The van der Waals surface area contributed by atoms with Gasteiger partial charge in [0.1, 0.15) is 24.8 Å². The van der Waals surface area contributed by atoms with Gasteiger partial charge in [0.25, 0.3) is 11.8 Å². The summed E-state index contributed by atoms with van der Waals surface area (Å²) in [6, 6.07) is 12.2. The number of ether oxygens (including phenoxy) is 3. The van der Waals surface area contributed by atoms with Gasteiger partial charge in [0.2, 0.25) is 29.5 Å². The lowest BCUT2D eigenvalue weighted by Gasteiger charge is -2.41. The van der Waals surface area contributed by atoms with E-state index in [-0.39, 0.29) is 48.2 Å². The van der Waals surface area contributed by atoms with Crippen LogP contribution < -0.4 is 37.1 Å². The first kappa shape index (κ1) is 61.1. The summed E-state index contributed by atoms with van der Waals surface area (Å²) in [6.07, 6.45) is -0.0497. The first-order valence-corrected chi connectivity index (χ1v) is 27.9. The van der Waals surface area contributed by atoms with Crippen LogP contribution in [0.5, 0.6) is 5.88 Å². The lowest BCUT2D eigenvalue weighted by Crippen LogP contribution is -2.64. The number of benzene rings is 1. The molecule has 2 unspecified atom stereocenters. The standard InChI is InChI=1S/C52H57ClF2N12O12S2/c1-27-46(72)45(41(23-68)79-50(27)75)66-48(74)40(65-43(70)8-7-42(69)62-20-32-15-36(37(53)21-61-32)47(73)63-22-44(71)67-26-52(54,55)16-33(67)17-56)25-81-80-12-11-59-51(76)78-24-31-5-3-29(18-60-31)34-9-10-58-39-6-4-28(13-35(34)39)30-14-38(57)49(77-2)64-19-30/h3-6,9-10,13-15,18-19,21,27,33,40-41,45-46,50,68,72,75H,7-8,11-12,16,20,22-26,57H2,1-2H3,(H,59,76)(H,62,69)(H,63,73)(H,65,70)(H,66,74)/t27-,33-,40?,41-,45-,46-,50?/m0/s1. The molecule has 2 aliphatic rings. The number of likely N-dealkylation sites (tertiary alicyclic amines) is 1. The molecule has 0 radical (unpaired) electrons. The van der Waals surface area contributed by atoms with Crippen molar-refractivity contribution in [3.05, 3.63) is 95.3 Å². The summed E-state index contributed by atoms with van der Waals surface area (Å²) in [4.78, 5) is 96.1. The molecule has 7 atom stereocenters. The second-order valence-electron chi connectivity index (χ2n) is 18.7. The van der Waals surface area contributed by atoms with Gasteiger partial charge < -0.3 is 66.7 Å². The van der Waals surface area contributed by atoms with Crippen LogP contribution in [0, 0.1) is 17.2 Å². The fourth-order valence-electron chi connectivity index (χ4n) is 8.56. The van der Waals surface area contributed by atoms with Gasteiger partial charge in [-0.3, -0.25) is 38.9 Å². The second kappa shape index (κ2) is 28.3. The van der Waals surface area contributed by atoms with Crippen LogP contribution in [-0.2, 0) is 41.8 Å². The average Bonchev–Trinajstić information content (AvgIpc) is 3.83. The summed E-state index contributed by atoms with van der Waals surface area (Å²) in [7, 11) is 3.92. The minimum atomic E-state index is -3.24. The van der Waals surface area contributed by atoms with E-state index in [1.54, 1.807) is 36.8 Å². The number of rotatable bonds is 23. The van der Waals surface area contributed by atoms with Crippen LogP contribution in [0.15, 0.2) is 73.3 Å². The molecule has 0 aliphatic carbocycles. The number of methoxy groups -OCH3 is 1. The number of pyridine rings is 4. The second-order valence-corrected chi connectivity index (χ2v) is 21.7. The molecule has 2 aliphatic heterocycles. The molecule has 7 rings (SSSR count). The van der Waals surface area contributed by atoms with Gasteiger partial charge in [0, 0.05) is 84.5 Å². The Labute approximate surface area is 475 Å². The largest absolute Gasteiger partial charge is 0.480 e. The highest BCUT2D eigenvalue weighted by atomic mass is 35.5. The number of alkyl carbamates (subject to hydrolysis) is 1. The number of aliphatic hydroxyl groups excluding tert-OH is 3. The molecule has 24 nitrogen and oxygen atoms in total. The highest BCUT2D eigenvalue weighted by Crippen LogP contribution is 2.34. The van der Waals surface area contributed by atoms with Gasteiger partial charge in [-0.1, -0.05) is 52.2 Å². The number of fused-ring (bicyclic) bond motifs is 1. The van der Waals surface area contributed by atoms with Gasteiger partial charge in [-0.15, -0.1) is 0 Å². The summed E-state index contributed by atoms with van der Waals surface area (Å²) < 4.78 is 43.6. The molecule has 2 saturated heterocycles. The predicted molar refractivity (Wildman–Crippen MR) is 293 cm³/mol. The molecule has 6 heterocycles. The van der Waals surface area contributed by atoms with Gasteiger partial charge in [0.15, 0.2) is 6.29 Å². The van der Waals surface area contributed by atoms with E-state index >= 15 is 0 Å². The number of amides is 6. The number of nitrogen functional groups attached to an aromatic ring is 1. The van der Waals surface area contributed by atoms with Crippen molar-refractivity contribution >= 4 is 85.4 Å². The molecule has 2 fully saturated rings. The van der Waals surface area contributed by atoms with E-state index < -0.39 is 117 Å². The Morgan fingerprint density at radius 3 is 2.43 bits per heavy atom. The number of aromatic nitrogens is 4. The third-order valence-electron chi connectivity index (χ3n) is 13.0. The van der Waals surface area contributed by atoms with Crippen molar-refractivity contribution in [3.8, 4) is 34.2 Å². The summed E-state index contributed by atoms with van der Waals surface area (Å²) >= 11 is 6.16. The lowest BCUT2D eigenvalue weighted by atomic mass is 9.90. The maximum absolute atomic E-state index is 13.8. The first-order valence-electron chi connectivity index (χ1n) is 25.0. The molecule has 0 spiro atoms. The Bertz CT molecular complexity index is 3150. The zero-order valence-corrected chi connectivity index (χ0v) is 45.9. The molecule has 4 aromatic heterocycles. The Morgan fingerprint density at radius 1 is 0.951 bits per heavy atom. The van der Waals surface area contributed by atoms with Crippen LogP contribution in [0.3, 0.4) is 0 Å². The van der Waals surface area contributed by atoms with Crippen LogP contribution in [0.25, 0.3) is 33.2 Å². The quantitative estimate of drug-likeness (QED) is 0.0335. The van der Waals surface area contributed by atoms with Crippen molar-refractivity contribution in [2.24, 2.45) is 5.92 Å². The minimum absolute atomic E-state index is 0.0429. The number of alkyl halides is 2. The van der Waals surface area contributed by atoms with Crippen LogP contribution in [0.1, 0.15) is 47.9 Å². The Morgan fingerprint density at radius 2 is 1.70 bits per heavy atom. The van der Waals surface area contributed by atoms with Crippen molar-refractivity contribution in [1.82, 2.24) is 51.4 Å². The number of hydrogen-bond acceptors (Lipinski definition) is 20. The number of hydrogen-bond donors (Lipinski definition) is 9. The fraction of sp³-hybridized carbons (Fsp3) is 0.404. The molecule has 6 amide bonds. The lowest BCUT2D eigenvalue weighted by molar-refractivity contribution is -0.238. The van der Waals surface area contributed by atoms with Gasteiger partial charge >= 0.3 is 6.09 Å². The summed E-state index contributed by atoms with van der Waals surface area (Å²) in [5.74, 6) is -7.33. The number of carbonyl (C=O) groups excluding carboxylic acids is 6. The first-order chi connectivity index (χ1) is 38.8. The fourth-order valence-corrected chi connectivity index (χ4v) is 10.8. The van der Waals surface area contributed by atoms with E-state index in [2.05, 4.69) is 46.5 Å². The summed E-state index contributed by atoms with van der Waals surface area (Å²) in [5.41, 5.74) is 11.1. The van der Waals surface area contributed by atoms with Crippen molar-refractivity contribution < 1.29 is 67.1 Å². The SMILES string of the molecule is COc1ncc(-c2ccc3nccc(-c4ccc(COC(=O)NCCSSCC(NC(=O)CCC(=O)NCc5cc(C(=O)NCC(=O)N6CC(F)(F)C[C@H]6C#N)c(Cl)cn5)C(=O)N[C@@H]5[C@@H](O)[C@H](C)C(O)O[C@H]5CO)nc4)c3c2)cc1N. The van der Waals surface area contributed by atoms with Gasteiger partial charge in [-0.2, -0.15) is 5.26 Å². The topological polar surface area (TPSA) is 356 Å². The average molecular weight is 1180 g/mol. The van der Waals surface area contributed by atoms with Crippen molar-refractivity contribution in [1.29, 1.82) is 5.26 Å². The van der Waals surface area contributed by atoms with E-state index in [1.165, 1.54) is 41.7 Å². The van der Waals surface area contributed by atoms with E-state index in [0.717, 1.165) is 39.4 Å². The van der Waals surface area contributed by atoms with Crippen molar-refractivity contribution in [2.75, 3.05) is 50.6 Å². The Balaban J connectivity index is 0.863. The number of nitrogens with two attached hydrogens (primary N) is 1. The Hall–Kier alpha value is -7.52. The number of nitrogens with zero attached hydrogens (tertiary/aromatic N) is 6. The molecule has 81 heavy (non-hydrogen) atoms. The van der Waals surface area contributed by atoms with Gasteiger partial charge in [-0.25, -0.2) is 18.6 Å². The number of aliphatic hydroxyl groups is 3. The highest BCUT2D eigenvalue weighted by molar-refractivity contribution is 8.76. The van der Waals surface area contributed by atoms with Gasteiger partial charge in [-0.05, 0) is 47.5 Å². The number of nitriles is 1. The van der Waals surface area contributed by atoms with Crippen molar-refractivity contribution in [2.45, 2.75) is 81.9 Å². The molecule has 430 valence electrons. The third-order valence-corrected chi connectivity index (χ3v) is 15.7. The van der Waals surface area contributed by atoms with Crippen LogP contribution in [0.4, 0.5) is 19.3 Å². The van der Waals surface area contributed by atoms with Crippen LogP contribution >= 0.6 is 33.2 Å². The van der Waals surface area contributed by atoms with E-state index in [1.807, 2.05) is 30.3 Å². The zero-order valence-electron chi connectivity index (χ0n) is 43.5. The molecule has 29 heteroatoms. The third kappa shape index (κ3) is 16.3. The summed E-state index contributed by atoms with van der Waals surface area (Å²) in [5, 5.41) is 53.6. The molecule has 10 N–H and O–H groups in total. The smallest absolute Gasteiger partial charge is 0.407 e. The normalized spacial score (nSPS) is 19.6. The number of anilines is 1. The van der Waals surface area contributed by atoms with E-state index in [9.17, 15) is 58.1 Å². The summed E-state index contributed by atoms with van der Waals surface area (Å²) in [6.45, 7) is -1.04. The molecule has 0 saturated carbocycles. The number of halogens is 3. The molecule has 1 aromatic carbocycles. The molecular formula is C52H57ClF2N12O12S2. The van der Waals surface area contributed by atoms with Crippen LogP contribution in [0.2, 0.25) is 5.02 Å². The molecule has 0 bridgehead atoms. The monoisotopic (exact) mass is 1180 g/mol. The Kier molecular flexibility index (Phi) is 21.3. The predicted octanol–water partition coefficient (Wildman–Crippen LogP) is 2.87. The maximum Gasteiger partial charge on any atom is 0.407 e. The van der Waals surface area contributed by atoms with E-state index in [0.29, 0.717) is 27.9 Å². The van der Waals surface area contributed by atoms with Gasteiger partial charge in [0.05, 0.1) is 84.7 Å². The minimum Gasteiger partial charge on any atom is -0.480 e. The number of nitrogens with one attached hydrogen (secondary N) is 5. The van der Waals surface area contributed by atoms with Crippen LogP contribution in [-0.4, -0.2) is 163 Å². The maximum atomic E-state index is 13.8. The molecular weight excluding hydrogens is 1120 g/mol.